The normalized spacial score (nSPS) is 22.7. The first-order chi connectivity index (χ1) is 61.0. The molecular formula is C96H124N14O17S. The van der Waals surface area contributed by atoms with E-state index in [0.29, 0.717) is 52.4 Å². The highest BCUT2D eigenvalue weighted by Crippen LogP contribution is 2.28. The molecule has 1 aromatic heterocycles. The number of nitrogens with one attached hydrogen (secondary N) is 9. The molecule has 128 heavy (non-hydrogen) atoms. The fourth-order valence-corrected chi connectivity index (χ4v) is 16.8. The number of nitrogens with zero attached hydrogens (tertiary/aromatic N) is 4. The highest BCUT2D eigenvalue weighted by Gasteiger charge is 2.42. The number of phenols is 2. The lowest BCUT2D eigenvalue weighted by Crippen LogP contribution is -2.61. The van der Waals surface area contributed by atoms with Gasteiger partial charge in [0, 0.05) is 101 Å². The molecule has 6 aromatic carbocycles. The third kappa shape index (κ3) is 30.9. The van der Waals surface area contributed by atoms with E-state index >= 15 is 33.6 Å². The summed E-state index contributed by atoms with van der Waals surface area (Å²) >= 11 is 1.02. The molecule has 7 aromatic rings. The van der Waals surface area contributed by atoms with E-state index in [1.807, 2.05) is 79.4 Å². The zero-order valence-corrected chi connectivity index (χ0v) is 75.6. The van der Waals surface area contributed by atoms with Gasteiger partial charge in [-0.15, -0.1) is 0 Å². The van der Waals surface area contributed by atoms with Crippen molar-refractivity contribution in [3.63, 3.8) is 0 Å². The number of likely N-dealkylation sites (N-methyl/N-ethyl adjacent to an activating group) is 4. The molecule has 2 heterocycles. The minimum atomic E-state index is -1.59. The fraction of sp³-hybridized carbons (Fsp3) is 0.448. The van der Waals surface area contributed by atoms with Crippen molar-refractivity contribution >= 4 is 111 Å². The number of rotatable bonds is 23. The van der Waals surface area contributed by atoms with Crippen LogP contribution in [-0.4, -0.2) is 243 Å². The average molecular weight is 1780 g/mol. The summed E-state index contributed by atoms with van der Waals surface area (Å²) in [7, 11) is 6.19. The van der Waals surface area contributed by atoms with Crippen LogP contribution in [0.3, 0.4) is 0 Å². The number of carbonyl (C=O) groups excluding carboxylic acids is 15. The van der Waals surface area contributed by atoms with Crippen LogP contribution in [0.25, 0.3) is 10.9 Å². The van der Waals surface area contributed by atoms with Gasteiger partial charge in [-0.1, -0.05) is 181 Å². The number of amides is 12. The molecule has 1 aliphatic heterocycles. The van der Waals surface area contributed by atoms with Crippen molar-refractivity contribution in [1.82, 2.24) is 67.1 Å². The molecule has 12 atom stereocenters. The van der Waals surface area contributed by atoms with Crippen molar-refractivity contribution in [1.29, 1.82) is 0 Å². The number of benzene rings is 6. The monoisotopic (exact) mass is 1780 g/mol. The fourth-order valence-electron chi connectivity index (χ4n) is 15.8. The molecule has 686 valence electrons. The number of aromatic nitrogens is 1. The molecule has 0 saturated carbocycles. The zero-order chi connectivity index (χ0) is 93.4. The lowest BCUT2D eigenvalue weighted by Gasteiger charge is -2.42. The number of nitrogens with two attached hydrogens (primary N) is 1. The number of aromatic hydroxyl groups is 2. The highest BCUT2D eigenvalue weighted by molar-refractivity contribution is 8.00. The molecule has 1 saturated heterocycles. The van der Waals surface area contributed by atoms with Gasteiger partial charge >= 0.3 is 0 Å². The second kappa shape index (κ2) is 49.5. The van der Waals surface area contributed by atoms with Crippen LogP contribution in [0.15, 0.2) is 170 Å². The Balaban J connectivity index is 1.20. The predicted molar refractivity (Wildman–Crippen MR) is 487 cm³/mol. The van der Waals surface area contributed by atoms with Crippen LogP contribution >= 0.6 is 11.8 Å². The number of thioether (sulfide) groups is 1. The number of carbonyl (C=O) groups is 15. The quantitative estimate of drug-likeness (QED) is 0.0374. The lowest BCUT2D eigenvalue weighted by atomic mass is 9.90. The van der Waals surface area contributed by atoms with Crippen LogP contribution in [0.4, 0.5) is 0 Å². The first kappa shape index (κ1) is 101. The molecule has 31 nitrogen and oxygen atoms in total. The molecule has 12 amide bonds. The van der Waals surface area contributed by atoms with Crippen LogP contribution in [-0.2, 0) is 110 Å². The Labute approximate surface area is 752 Å². The van der Waals surface area contributed by atoms with Gasteiger partial charge in [-0.3, -0.25) is 76.8 Å². The Bertz CT molecular complexity index is 4960. The third-order valence-electron chi connectivity index (χ3n) is 23.1. The number of primary amides is 1. The first-order valence-corrected chi connectivity index (χ1v) is 44.6. The molecule has 1 fully saturated rings. The molecule has 0 aliphatic carbocycles. The van der Waals surface area contributed by atoms with Gasteiger partial charge < -0.3 is 78.2 Å². The second-order valence-corrected chi connectivity index (χ2v) is 35.1. The Morgan fingerprint density at radius 3 is 1.62 bits per heavy atom. The Morgan fingerprint density at radius 2 is 1.05 bits per heavy atom. The number of hydrogen-bond donors (Lipinski definition) is 12. The summed E-state index contributed by atoms with van der Waals surface area (Å²) in [6.07, 6.45) is 1.31. The molecule has 13 N–H and O–H groups in total. The highest BCUT2D eigenvalue weighted by atomic mass is 32.2. The number of phenolic OH excluding ortho intramolecular Hbond substituents is 2. The van der Waals surface area contributed by atoms with Crippen LogP contribution in [0.5, 0.6) is 11.5 Å². The number of H-pyrrole nitrogens is 1. The SMILES string of the molecule is CCCC[C@H]1C(=O)N(C)CC(=O)N[C@@H](CC(C)=O)C(=O)N[C@@H](C(C)C)C(=O)N(C)[C@@H](Cc2ccccc2)C(=O)N[C@@H](Cc2ccc(O)cc2)C(=O)NCC(=O)N[C@@H](Cc2c[nH]c3ccccc23)C(=O)N[C@@H](Cc2ccc(O)cc2)C(=O)N[C@@H](CC(C)C)C(=O)C[C@H](C(=O)NCC(N)=O)CSCC(=O)C[C@@H](Cc2ccccc2)C(=O)N(C)[C@@H](Cc2ccccc2)C(C)N1C. The first-order valence-electron chi connectivity index (χ1n) is 43.5. The predicted octanol–water partition coefficient (Wildman–Crippen LogP) is 5.53. The van der Waals surface area contributed by atoms with Gasteiger partial charge in [0.25, 0.3) is 0 Å². The third-order valence-corrected chi connectivity index (χ3v) is 24.2. The number of ketones is 3. The molecule has 1 aliphatic rings. The van der Waals surface area contributed by atoms with Crippen molar-refractivity contribution in [3.05, 3.63) is 203 Å². The van der Waals surface area contributed by atoms with Gasteiger partial charge in [0.05, 0.1) is 49.4 Å². The smallest absolute Gasteiger partial charge is 0.245 e. The largest absolute Gasteiger partial charge is 0.508 e. The number of unbranched alkanes of at least 4 members (excludes halogenated alkanes) is 1. The summed E-state index contributed by atoms with van der Waals surface area (Å²) < 4.78 is 0. The number of hydrogen-bond acceptors (Lipinski definition) is 19. The molecule has 0 bridgehead atoms. The van der Waals surface area contributed by atoms with Gasteiger partial charge in [-0.2, -0.15) is 11.8 Å². The van der Waals surface area contributed by atoms with Gasteiger partial charge in [0.15, 0.2) is 5.78 Å². The van der Waals surface area contributed by atoms with Crippen molar-refractivity contribution in [3.8, 4) is 11.5 Å². The van der Waals surface area contributed by atoms with Gasteiger partial charge in [0.1, 0.15) is 59.3 Å². The molecule has 32 heteroatoms. The van der Waals surface area contributed by atoms with Crippen LogP contribution < -0.4 is 48.3 Å². The molecule has 0 spiro atoms. The Kier molecular flexibility index (Phi) is 39.0. The van der Waals surface area contributed by atoms with Crippen molar-refractivity contribution in [2.45, 2.75) is 192 Å². The number of para-hydroxylation sites is 1. The lowest BCUT2D eigenvalue weighted by molar-refractivity contribution is -0.144. The molecule has 1 unspecified atom stereocenters. The van der Waals surface area contributed by atoms with E-state index in [1.54, 1.807) is 107 Å². The van der Waals surface area contributed by atoms with E-state index < -0.39 is 193 Å². The van der Waals surface area contributed by atoms with E-state index in [-0.39, 0.29) is 86.1 Å². The number of Topliss-reactive ketones (excluding diaryl/α,β-unsaturated/α-hetero) is 3. The minimum Gasteiger partial charge on any atom is -0.508 e. The summed E-state index contributed by atoms with van der Waals surface area (Å²) in [6.45, 7) is 9.90. The number of aromatic amines is 1. The topological polar surface area (TPSA) is 448 Å². The van der Waals surface area contributed by atoms with Crippen molar-refractivity contribution in [2.24, 2.45) is 29.4 Å². The summed E-state index contributed by atoms with van der Waals surface area (Å²) in [4.78, 5) is 229. The van der Waals surface area contributed by atoms with E-state index in [0.717, 1.165) is 27.8 Å². The summed E-state index contributed by atoms with van der Waals surface area (Å²) in [5, 5.41) is 43.1. The maximum atomic E-state index is 15.7. The van der Waals surface area contributed by atoms with E-state index in [2.05, 4.69) is 47.5 Å². The van der Waals surface area contributed by atoms with Crippen LogP contribution in [0.2, 0.25) is 0 Å². The Morgan fingerprint density at radius 1 is 0.539 bits per heavy atom. The number of fused-ring (bicyclic) bond motifs is 1. The average Bonchev–Trinajstić information content (AvgIpc) is 0.940. The molecule has 8 rings (SSSR count). The van der Waals surface area contributed by atoms with Crippen molar-refractivity contribution < 1.29 is 82.1 Å². The minimum absolute atomic E-state index is 0.00732. The van der Waals surface area contributed by atoms with Gasteiger partial charge in [-0.05, 0) is 122 Å². The van der Waals surface area contributed by atoms with Gasteiger partial charge in [0.2, 0.25) is 70.9 Å². The van der Waals surface area contributed by atoms with E-state index in [9.17, 15) is 48.6 Å². The molecular weight excluding hydrogens is 1650 g/mol. The Hall–Kier alpha value is -12.6. The maximum absolute atomic E-state index is 15.7. The maximum Gasteiger partial charge on any atom is 0.245 e. The van der Waals surface area contributed by atoms with Crippen LogP contribution in [0.1, 0.15) is 127 Å². The zero-order valence-electron chi connectivity index (χ0n) is 74.8. The van der Waals surface area contributed by atoms with Gasteiger partial charge in [-0.25, -0.2) is 0 Å². The summed E-state index contributed by atoms with van der Waals surface area (Å²) in [6, 6.07) is 33.2. The summed E-state index contributed by atoms with van der Waals surface area (Å²) in [5.74, 6) is -15.1. The van der Waals surface area contributed by atoms with Crippen LogP contribution in [0, 0.1) is 23.7 Å². The summed E-state index contributed by atoms with van der Waals surface area (Å²) in [5.41, 5.74) is 9.75. The standard InChI is InChI=1S/C96H124N14O17S/c1-12-13-33-80-95(126)107(8)55-86(118)102-76(43-60(6)111)92(123)106-87(59(4)5)96(127)110(11)82(48-64-29-21-16-22-30-64)93(124)105-77(45-65-34-38-70(112)39-35-65)89(120)100-54-85(117)101-79(50-68-52-98-74-32-24-23-31-73(68)74)91(122)104-78(46-66-36-40-71(113)41-37-66)90(121)103-75(42-58(2)3)83(115)51-69(88(119)99-53-84(97)116)56-128-57-72(114)49-67(44-62-25-17-14-18-26-62)94(125)109(10)81(61(7)108(80)9)47-63-27-19-15-20-28-63/h14-32,34-41,52,58-59,61,67,69,75-82,87,98,112-113H,12-13,33,42-51,53-57H2,1-11H3,(H2,97,116)(H,99,119)(H,100,120)(H,101,117)(H,102,118)(H,103,121)(H,104,122)(H,105,124)(H,106,123)/t61?,67-,69+,75+,76+,77+,78+,79+,80+,81+,82+,87+/m1/s1. The second-order valence-electron chi connectivity index (χ2n) is 34.0. The van der Waals surface area contributed by atoms with E-state index in [1.165, 1.54) is 74.4 Å². The van der Waals surface area contributed by atoms with E-state index in [4.69, 9.17) is 5.73 Å². The molecule has 0 radical (unpaired) electrons. The van der Waals surface area contributed by atoms with Crippen molar-refractivity contribution in [2.75, 3.05) is 59.3 Å².